The summed E-state index contributed by atoms with van der Waals surface area (Å²) >= 11 is 0. The van der Waals surface area contributed by atoms with E-state index < -0.39 is 29.3 Å². The average Bonchev–Trinajstić information content (AvgIpc) is 2.83. The lowest BCUT2D eigenvalue weighted by Gasteiger charge is -2.34. The maximum Gasteiger partial charge on any atom is 0.430 e. The summed E-state index contributed by atoms with van der Waals surface area (Å²) in [6.07, 6.45) is -9.12. The van der Waals surface area contributed by atoms with E-state index in [1.807, 2.05) is 39.0 Å². The number of aryl methyl sites for hydroxylation is 2. The molecule has 2 aromatic rings. The molecular formula is C30H32F6O3. The second-order valence-corrected chi connectivity index (χ2v) is 9.53. The van der Waals surface area contributed by atoms with Crippen molar-refractivity contribution in [3.05, 3.63) is 75.9 Å². The maximum absolute atomic E-state index is 13.0. The molecule has 0 saturated carbocycles. The summed E-state index contributed by atoms with van der Waals surface area (Å²) in [5.74, 6) is 5.20. The van der Waals surface area contributed by atoms with Crippen LogP contribution in [-0.4, -0.2) is 34.1 Å². The Bertz CT molecular complexity index is 1240. The van der Waals surface area contributed by atoms with Crippen molar-refractivity contribution in [1.29, 1.82) is 0 Å². The first-order valence-corrected chi connectivity index (χ1v) is 12.5. The monoisotopic (exact) mass is 554 g/mol. The topological polar surface area (TPSA) is 57.5 Å². The van der Waals surface area contributed by atoms with Crippen molar-refractivity contribution in [2.45, 2.75) is 83.2 Å². The molecule has 212 valence electrons. The van der Waals surface area contributed by atoms with E-state index in [-0.39, 0.29) is 18.1 Å². The third kappa shape index (κ3) is 7.04. The number of benzene rings is 2. The summed E-state index contributed by atoms with van der Waals surface area (Å²) in [6.45, 7) is 7.52. The van der Waals surface area contributed by atoms with E-state index in [2.05, 4.69) is 11.8 Å². The molecule has 0 aromatic heterocycles. The molecule has 3 nitrogen and oxygen atoms in total. The Balaban J connectivity index is 2.43. The van der Waals surface area contributed by atoms with Gasteiger partial charge in [0.15, 0.2) is 0 Å². The van der Waals surface area contributed by atoms with E-state index in [1.165, 1.54) is 6.07 Å². The summed E-state index contributed by atoms with van der Waals surface area (Å²) < 4.78 is 78.3. The number of hydrogen-bond acceptors (Lipinski definition) is 2. The quantitative estimate of drug-likeness (QED) is 0.188. The van der Waals surface area contributed by atoms with Gasteiger partial charge >= 0.3 is 18.3 Å². The minimum absolute atomic E-state index is 0.0572. The molecule has 0 fully saturated rings. The summed E-state index contributed by atoms with van der Waals surface area (Å²) in [5.41, 5.74) is -1.25. The van der Waals surface area contributed by atoms with Crippen LogP contribution in [0.3, 0.4) is 0 Å². The molecule has 0 spiro atoms. The molecule has 0 radical (unpaired) electrons. The van der Waals surface area contributed by atoms with Gasteiger partial charge < -0.3 is 10.2 Å². The molecule has 0 atom stereocenters. The van der Waals surface area contributed by atoms with Crippen LogP contribution in [0.1, 0.15) is 79.3 Å². The van der Waals surface area contributed by atoms with Gasteiger partial charge in [0.1, 0.15) is 0 Å². The van der Waals surface area contributed by atoms with Crippen molar-refractivity contribution in [3.63, 3.8) is 0 Å². The van der Waals surface area contributed by atoms with E-state index in [1.54, 1.807) is 19.1 Å². The molecule has 2 rings (SSSR count). The van der Waals surface area contributed by atoms with Gasteiger partial charge in [-0.3, -0.25) is 4.79 Å². The van der Waals surface area contributed by atoms with Crippen molar-refractivity contribution in [2.24, 2.45) is 0 Å². The van der Waals surface area contributed by atoms with Gasteiger partial charge in [0, 0.05) is 23.8 Å². The van der Waals surface area contributed by atoms with Crippen LogP contribution in [0.2, 0.25) is 0 Å². The minimum Gasteiger partial charge on any atom is -0.481 e. The van der Waals surface area contributed by atoms with Crippen LogP contribution in [0.15, 0.2) is 42.5 Å². The number of carboxylic acids is 1. The highest BCUT2D eigenvalue weighted by Crippen LogP contribution is 2.45. The zero-order chi connectivity index (χ0) is 29.6. The zero-order valence-electron chi connectivity index (χ0n) is 22.2. The molecule has 0 aliphatic rings. The summed E-state index contributed by atoms with van der Waals surface area (Å²) in [6, 6.07) is 10.8. The first kappa shape index (κ1) is 32.0. The predicted octanol–water partition coefficient (Wildman–Crippen LogP) is 7.88. The van der Waals surface area contributed by atoms with Gasteiger partial charge in [-0.25, -0.2) is 0 Å². The molecule has 0 unspecified atom stereocenters. The first-order valence-electron chi connectivity index (χ1n) is 12.5. The van der Waals surface area contributed by atoms with Crippen LogP contribution < -0.4 is 0 Å². The molecule has 0 saturated heterocycles. The highest BCUT2D eigenvalue weighted by Gasteiger charge is 2.68. The number of aliphatic hydroxyl groups is 1. The van der Waals surface area contributed by atoms with Crippen LogP contribution in [0.5, 0.6) is 0 Å². The largest absolute Gasteiger partial charge is 0.481 e. The van der Waals surface area contributed by atoms with E-state index in [4.69, 9.17) is 5.11 Å². The number of rotatable bonds is 9. The lowest BCUT2D eigenvalue weighted by atomic mass is 9.69. The Hall–Kier alpha value is -3.25. The molecule has 0 aliphatic carbocycles. The lowest BCUT2D eigenvalue weighted by Crippen LogP contribution is -2.55. The fourth-order valence-electron chi connectivity index (χ4n) is 4.54. The van der Waals surface area contributed by atoms with Crippen molar-refractivity contribution in [2.75, 3.05) is 0 Å². The number of unbranched alkanes of at least 4 members (excludes halogenated alkanes) is 1. The smallest absolute Gasteiger partial charge is 0.430 e. The molecule has 2 N–H and O–H groups in total. The van der Waals surface area contributed by atoms with Gasteiger partial charge in [-0.05, 0) is 73.1 Å². The lowest BCUT2D eigenvalue weighted by molar-refractivity contribution is -0.347. The van der Waals surface area contributed by atoms with Crippen molar-refractivity contribution >= 4 is 12.0 Å². The van der Waals surface area contributed by atoms with Crippen LogP contribution in [0, 0.1) is 25.7 Å². The number of hydrogen-bond donors (Lipinski definition) is 2. The molecule has 39 heavy (non-hydrogen) atoms. The third-order valence-corrected chi connectivity index (χ3v) is 7.09. The second-order valence-electron chi connectivity index (χ2n) is 9.53. The highest BCUT2D eigenvalue weighted by molar-refractivity contribution is 5.66. The number of alkyl halides is 6. The summed E-state index contributed by atoms with van der Waals surface area (Å²) in [5, 5.41) is 18.2. The standard InChI is InChI=1S/C30H32F6O3/c1-5-27(6-2,24-14-12-22(20(3)18-24)10-8-7-9-11-26(37)38)25-15-13-23(21(4)19-25)16-17-28(39,29(31,32)33)30(34,35)36/h12-19,39H,5-7,9,11H2,1-4H3,(H,37,38). The SMILES string of the molecule is CCC(CC)(c1ccc(C#CCCCC(=O)O)c(C)c1)c1ccc(C=CC(O)(C(F)(F)F)C(F)(F)F)c(C)c1. The maximum atomic E-state index is 13.0. The van der Waals surface area contributed by atoms with E-state index >= 15 is 0 Å². The van der Waals surface area contributed by atoms with Crippen molar-refractivity contribution in [1.82, 2.24) is 0 Å². The Labute approximate surface area is 224 Å². The Morgan fingerprint density at radius 2 is 1.44 bits per heavy atom. The molecule has 0 bridgehead atoms. The average molecular weight is 555 g/mol. The van der Waals surface area contributed by atoms with Gasteiger partial charge in [0.2, 0.25) is 0 Å². The van der Waals surface area contributed by atoms with Crippen LogP contribution in [-0.2, 0) is 10.2 Å². The zero-order valence-corrected chi connectivity index (χ0v) is 22.2. The summed E-state index contributed by atoms with van der Waals surface area (Å²) in [4.78, 5) is 10.6. The molecule has 2 aromatic carbocycles. The molecule has 9 heteroatoms. The molecule has 0 aliphatic heterocycles. The number of halogens is 6. The predicted molar refractivity (Wildman–Crippen MR) is 138 cm³/mol. The Morgan fingerprint density at radius 1 is 0.897 bits per heavy atom. The van der Waals surface area contributed by atoms with E-state index in [0.717, 1.165) is 22.3 Å². The molecule has 0 amide bonds. The Kier molecular flexibility index (Phi) is 10.1. The van der Waals surface area contributed by atoms with Crippen LogP contribution in [0.25, 0.3) is 6.08 Å². The third-order valence-electron chi connectivity index (χ3n) is 7.09. The van der Waals surface area contributed by atoms with Crippen LogP contribution in [0.4, 0.5) is 26.3 Å². The number of carboxylic acid groups (broad SMARTS) is 1. The molecular weight excluding hydrogens is 522 g/mol. The van der Waals surface area contributed by atoms with Crippen molar-refractivity contribution in [3.8, 4) is 11.8 Å². The number of aliphatic carboxylic acids is 1. The normalized spacial score (nSPS) is 12.9. The van der Waals surface area contributed by atoms with Gasteiger partial charge in [-0.2, -0.15) is 26.3 Å². The van der Waals surface area contributed by atoms with E-state index in [0.29, 0.717) is 37.3 Å². The first-order chi connectivity index (χ1) is 18.0. The minimum atomic E-state index is -5.93. The second kappa shape index (κ2) is 12.3. The fraction of sp³-hybridized carbons (Fsp3) is 0.433. The van der Waals surface area contributed by atoms with Gasteiger partial charge in [0.05, 0.1) is 0 Å². The molecule has 0 heterocycles. The van der Waals surface area contributed by atoms with Crippen LogP contribution >= 0.6 is 0 Å². The fourth-order valence-corrected chi connectivity index (χ4v) is 4.54. The Morgan fingerprint density at radius 3 is 1.90 bits per heavy atom. The van der Waals surface area contributed by atoms with Gasteiger partial charge in [-0.15, -0.1) is 0 Å². The van der Waals surface area contributed by atoms with Gasteiger partial charge in [-0.1, -0.05) is 62.1 Å². The summed E-state index contributed by atoms with van der Waals surface area (Å²) in [7, 11) is 0. The highest BCUT2D eigenvalue weighted by atomic mass is 19.4. The number of carbonyl (C=O) groups is 1. The van der Waals surface area contributed by atoms with Crippen molar-refractivity contribution < 1.29 is 41.4 Å². The van der Waals surface area contributed by atoms with Gasteiger partial charge in [0.25, 0.3) is 5.60 Å². The van der Waals surface area contributed by atoms with E-state index in [9.17, 15) is 36.2 Å².